The quantitative estimate of drug-likeness (QED) is 0.479. The highest BCUT2D eigenvalue weighted by Crippen LogP contribution is 2.20. The number of hydrogen-bond acceptors (Lipinski definition) is 3. The number of rotatable bonds is 4. The summed E-state index contributed by atoms with van der Waals surface area (Å²) in [6, 6.07) is 9.59. The van der Waals surface area contributed by atoms with Crippen LogP contribution >= 0.6 is 35.0 Å². The van der Waals surface area contributed by atoms with Gasteiger partial charge in [0.1, 0.15) is 0 Å². The fraction of sp³-hybridized carbons (Fsp3) is 0.167. The summed E-state index contributed by atoms with van der Waals surface area (Å²) in [7, 11) is 0. The number of benzene rings is 1. The molecule has 1 aromatic carbocycles. The SMILES string of the molecule is ClCc1ccnc(SCc2ccc(Cl)cc2)n1. The molecule has 17 heavy (non-hydrogen) atoms. The van der Waals surface area contributed by atoms with Gasteiger partial charge in [0.2, 0.25) is 0 Å². The summed E-state index contributed by atoms with van der Waals surface area (Å²) in [6.07, 6.45) is 1.73. The van der Waals surface area contributed by atoms with Gasteiger partial charge in [-0.15, -0.1) is 11.6 Å². The van der Waals surface area contributed by atoms with Crippen LogP contribution in [-0.4, -0.2) is 9.97 Å². The Balaban J connectivity index is 1.99. The highest BCUT2D eigenvalue weighted by molar-refractivity contribution is 7.98. The molecule has 0 saturated carbocycles. The van der Waals surface area contributed by atoms with Gasteiger partial charge in [-0.1, -0.05) is 35.5 Å². The highest BCUT2D eigenvalue weighted by atomic mass is 35.5. The summed E-state index contributed by atoms with van der Waals surface area (Å²) in [5.74, 6) is 1.24. The summed E-state index contributed by atoms with van der Waals surface area (Å²) in [5, 5.41) is 1.50. The third-order valence-electron chi connectivity index (χ3n) is 2.11. The molecule has 0 N–H and O–H groups in total. The van der Waals surface area contributed by atoms with Crippen molar-refractivity contribution in [1.82, 2.24) is 9.97 Å². The largest absolute Gasteiger partial charge is 0.231 e. The molecule has 5 heteroatoms. The predicted molar refractivity (Wildman–Crippen MR) is 72.6 cm³/mol. The molecule has 0 amide bonds. The van der Waals surface area contributed by atoms with E-state index in [1.807, 2.05) is 30.3 Å². The van der Waals surface area contributed by atoms with Gasteiger partial charge < -0.3 is 0 Å². The van der Waals surface area contributed by atoms with Gasteiger partial charge in [0.15, 0.2) is 5.16 Å². The van der Waals surface area contributed by atoms with Gasteiger partial charge >= 0.3 is 0 Å². The molecule has 0 aliphatic carbocycles. The number of nitrogens with zero attached hydrogens (tertiary/aromatic N) is 2. The van der Waals surface area contributed by atoms with Crippen LogP contribution in [0.5, 0.6) is 0 Å². The first kappa shape index (κ1) is 12.7. The highest BCUT2D eigenvalue weighted by Gasteiger charge is 2.00. The monoisotopic (exact) mass is 284 g/mol. The number of halogens is 2. The number of aromatic nitrogens is 2. The van der Waals surface area contributed by atoms with Crippen molar-refractivity contribution in [3.63, 3.8) is 0 Å². The van der Waals surface area contributed by atoms with E-state index in [9.17, 15) is 0 Å². The van der Waals surface area contributed by atoms with Gasteiger partial charge in [-0.3, -0.25) is 0 Å². The molecule has 1 heterocycles. The topological polar surface area (TPSA) is 25.8 Å². The lowest BCUT2D eigenvalue weighted by Crippen LogP contribution is -1.91. The minimum absolute atomic E-state index is 0.414. The minimum Gasteiger partial charge on any atom is -0.231 e. The molecule has 2 nitrogen and oxygen atoms in total. The third-order valence-corrected chi connectivity index (χ3v) is 3.57. The molecule has 88 valence electrons. The normalized spacial score (nSPS) is 10.5. The van der Waals surface area contributed by atoms with E-state index in [-0.39, 0.29) is 0 Å². The maximum Gasteiger partial charge on any atom is 0.188 e. The Hall–Kier alpha value is -0.770. The Kier molecular flexibility index (Phi) is 4.66. The van der Waals surface area contributed by atoms with Crippen LogP contribution in [0, 0.1) is 0 Å². The lowest BCUT2D eigenvalue weighted by molar-refractivity contribution is 0.924. The second-order valence-electron chi connectivity index (χ2n) is 3.38. The lowest BCUT2D eigenvalue weighted by Gasteiger charge is -2.02. The van der Waals surface area contributed by atoms with Crippen molar-refractivity contribution in [2.75, 3.05) is 0 Å². The molecule has 0 bridgehead atoms. The predicted octanol–water partition coefficient (Wildman–Crippen LogP) is 4.16. The smallest absolute Gasteiger partial charge is 0.188 e. The van der Waals surface area contributed by atoms with Crippen LogP contribution in [0.2, 0.25) is 5.02 Å². The zero-order chi connectivity index (χ0) is 12.1. The summed E-state index contributed by atoms with van der Waals surface area (Å²) in [6.45, 7) is 0. The maximum absolute atomic E-state index is 5.82. The van der Waals surface area contributed by atoms with E-state index in [4.69, 9.17) is 23.2 Å². The molecule has 0 radical (unpaired) electrons. The van der Waals surface area contributed by atoms with Crippen molar-refractivity contribution in [3.05, 3.63) is 52.8 Å². The van der Waals surface area contributed by atoms with E-state index in [0.717, 1.165) is 21.6 Å². The molecular formula is C12H10Cl2N2S. The summed E-state index contributed by atoms with van der Waals surface area (Å²) in [5.41, 5.74) is 2.04. The molecule has 0 spiro atoms. The summed E-state index contributed by atoms with van der Waals surface area (Å²) < 4.78 is 0. The van der Waals surface area contributed by atoms with Gasteiger partial charge in [0, 0.05) is 17.0 Å². The van der Waals surface area contributed by atoms with Gasteiger partial charge in [-0.05, 0) is 23.8 Å². The Morgan fingerprint density at radius 2 is 1.88 bits per heavy atom. The van der Waals surface area contributed by atoms with Crippen molar-refractivity contribution in [2.24, 2.45) is 0 Å². The van der Waals surface area contributed by atoms with E-state index in [1.165, 1.54) is 5.56 Å². The minimum atomic E-state index is 0.414. The van der Waals surface area contributed by atoms with E-state index in [2.05, 4.69) is 9.97 Å². The van der Waals surface area contributed by atoms with Crippen LogP contribution in [0.3, 0.4) is 0 Å². The zero-order valence-corrected chi connectivity index (χ0v) is 11.3. The second-order valence-corrected chi connectivity index (χ2v) is 5.03. The van der Waals surface area contributed by atoms with Gasteiger partial charge in [-0.2, -0.15) is 0 Å². The fourth-order valence-corrected chi connectivity index (χ4v) is 2.33. The van der Waals surface area contributed by atoms with Gasteiger partial charge in [-0.25, -0.2) is 9.97 Å². The van der Waals surface area contributed by atoms with Crippen molar-refractivity contribution < 1.29 is 0 Å². The number of thioether (sulfide) groups is 1. The van der Waals surface area contributed by atoms with Gasteiger partial charge in [0.05, 0.1) is 11.6 Å². The second kappa shape index (κ2) is 6.24. The Morgan fingerprint density at radius 3 is 2.59 bits per heavy atom. The van der Waals surface area contributed by atoms with Crippen LogP contribution in [0.15, 0.2) is 41.7 Å². The van der Waals surface area contributed by atoms with E-state index in [0.29, 0.717) is 5.88 Å². The standard InChI is InChI=1S/C12H10Cl2N2S/c13-7-11-5-6-15-12(16-11)17-8-9-1-3-10(14)4-2-9/h1-6H,7-8H2. The molecular weight excluding hydrogens is 275 g/mol. The lowest BCUT2D eigenvalue weighted by atomic mass is 10.2. The maximum atomic E-state index is 5.82. The van der Waals surface area contributed by atoms with Crippen LogP contribution < -0.4 is 0 Å². The average molecular weight is 285 g/mol. The van der Waals surface area contributed by atoms with Crippen molar-refractivity contribution in [3.8, 4) is 0 Å². The first-order valence-electron chi connectivity index (χ1n) is 5.03. The molecule has 0 saturated heterocycles. The Morgan fingerprint density at radius 1 is 1.12 bits per heavy atom. The van der Waals surface area contributed by atoms with Crippen LogP contribution in [0.1, 0.15) is 11.3 Å². The molecule has 0 fully saturated rings. The summed E-state index contributed by atoms with van der Waals surface area (Å²) in [4.78, 5) is 8.50. The first-order valence-corrected chi connectivity index (χ1v) is 6.93. The number of hydrogen-bond donors (Lipinski definition) is 0. The van der Waals surface area contributed by atoms with Crippen LogP contribution in [-0.2, 0) is 11.6 Å². The molecule has 0 unspecified atom stereocenters. The molecule has 0 atom stereocenters. The number of alkyl halides is 1. The van der Waals surface area contributed by atoms with E-state index < -0.39 is 0 Å². The van der Waals surface area contributed by atoms with Crippen molar-refractivity contribution in [2.45, 2.75) is 16.8 Å². The molecule has 2 aromatic rings. The first-order chi connectivity index (χ1) is 8.28. The third kappa shape index (κ3) is 3.87. The Labute approximate surface area is 114 Å². The Bertz CT molecular complexity index is 488. The fourth-order valence-electron chi connectivity index (χ4n) is 1.25. The summed E-state index contributed by atoms with van der Waals surface area (Å²) >= 11 is 13.1. The van der Waals surface area contributed by atoms with Gasteiger partial charge in [0.25, 0.3) is 0 Å². The zero-order valence-electron chi connectivity index (χ0n) is 8.94. The van der Waals surface area contributed by atoms with E-state index in [1.54, 1.807) is 18.0 Å². The van der Waals surface area contributed by atoms with Crippen LogP contribution in [0.25, 0.3) is 0 Å². The van der Waals surface area contributed by atoms with Crippen LogP contribution in [0.4, 0.5) is 0 Å². The molecule has 0 aliphatic heterocycles. The molecule has 0 aliphatic rings. The van der Waals surface area contributed by atoms with E-state index >= 15 is 0 Å². The molecule has 2 rings (SSSR count). The average Bonchev–Trinajstić information content (AvgIpc) is 2.38. The van der Waals surface area contributed by atoms with Crippen molar-refractivity contribution >= 4 is 35.0 Å². The molecule has 1 aromatic heterocycles. The van der Waals surface area contributed by atoms with Crippen molar-refractivity contribution in [1.29, 1.82) is 0 Å².